The van der Waals surface area contributed by atoms with Gasteiger partial charge in [-0.3, -0.25) is 9.59 Å². The van der Waals surface area contributed by atoms with E-state index in [-0.39, 0.29) is 35.5 Å². The molecule has 0 unspecified atom stereocenters. The van der Waals surface area contributed by atoms with Crippen LogP contribution < -0.4 is 9.64 Å². The summed E-state index contributed by atoms with van der Waals surface area (Å²) in [6.07, 6.45) is 3.14. The number of hydrogen-bond donors (Lipinski definition) is 0. The van der Waals surface area contributed by atoms with Gasteiger partial charge in [-0.15, -0.1) is 0 Å². The number of ether oxygens (including phenoxy) is 1. The van der Waals surface area contributed by atoms with Crippen LogP contribution in [0.2, 0.25) is 0 Å². The molecule has 1 heterocycles. The van der Waals surface area contributed by atoms with Gasteiger partial charge in [0.25, 0.3) is 0 Å². The topological polar surface area (TPSA) is 46.6 Å². The number of allylic oxidation sites excluding steroid dienone is 2. The Bertz CT molecular complexity index is 678. The molecule has 21 heavy (non-hydrogen) atoms. The highest BCUT2D eigenvalue weighted by Gasteiger charge is 2.61. The first-order chi connectivity index (χ1) is 10.1. The lowest BCUT2D eigenvalue weighted by molar-refractivity contribution is -0.123. The Balaban J connectivity index is 1.77. The molecule has 1 aromatic rings. The van der Waals surface area contributed by atoms with E-state index in [9.17, 15) is 9.59 Å². The number of rotatable bonds is 2. The molecule has 4 rings (SSSR count). The van der Waals surface area contributed by atoms with Crippen LogP contribution >= 0.6 is 0 Å². The number of benzene rings is 1. The Kier molecular flexibility index (Phi) is 2.52. The Morgan fingerprint density at radius 3 is 2.62 bits per heavy atom. The fourth-order valence-electron chi connectivity index (χ4n) is 4.33. The predicted molar refractivity (Wildman–Crippen MR) is 77.8 cm³/mol. The Morgan fingerprint density at radius 1 is 1.14 bits per heavy atom. The van der Waals surface area contributed by atoms with Gasteiger partial charge in [-0.25, -0.2) is 4.90 Å². The molecule has 4 nitrogen and oxygen atoms in total. The minimum absolute atomic E-state index is 0.0607. The van der Waals surface area contributed by atoms with Gasteiger partial charge in [0.15, 0.2) is 0 Å². The van der Waals surface area contributed by atoms with E-state index in [1.165, 1.54) is 10.5 Å². The normalized spacial score (nSPS) is 33.4. The van der Waals surface area contributed by atoms with E-state index in [0.29, 0.717) is 11.4 Å². The molecule has 2 aliphatic carbocycles. The summed E-state index contributed by atoms with van der Waals surface area (Å²) in [5.74, 6) is 0.581. The highest BCUT2D eigenvalue weighted by molar-refractivity contribution is 6.23. The molecule has 3 aliphatic rings. The van der Waals surface area contributed by atoms with E-state index >= 15 is 0 Å². The number of methoxy groups -OCH3 is 1. The second-order valence-corrected chi connectivity index (χ2v) is 6.15. The first-order valence-corrected chi connectivity index (χ1v) is 7.32. The lowest BCUT2D eigenvalue weighted by atomic mass is 9.82. The molecule has 2 amide bonds. The molecule has 0 radical (unpaired) electrons. The summed E-state index contributed by atoms with van der Waals surface area (Å²) in [5, 5.41) is 0. The van der Waals surface area contributed by atoms with Gasteiger partial charge < -0.3 is 4.74 Å². The van der Waals surface area contributed by atoms with E-state index in [1.54, 1.807) is 19.2 Å². The van der Waals surface area contributed by atoms with Gasteiger partial charge in [0.05, 0.1) is 24.6 Å². The molecule has 1 saturated carbocycles. The molecular weight excluding hydrogens is 266 g/mol. The third-order valence-corrected chi connectivity index (χ3v) is 5.21. The molecule has 1 aliphatic heterocycles. The van der Waals surface area contributed by atoms with Crippen molar-refractivity contribution in [2.45, 2.75) is 13.3 Å². The summed E-state index contributed by atoms with van der Waals surface area (Å²) in [6, 6.07) is 7.22. The van der Waals surface area contributed by atoms with Crippen LogP contribution in [0.3, 0.4) is 0 Å². The minimum atomic E-state index is -0.170. The maximum atomic E-state index is 12.8. The van der Waals surface area contributed by atoms with E-state index in [2.05, 4.69) is 13.0 Å². The van der Waals surface area contributed by atoms with Crippen LogP contribution in [-0.4, -0.2) is 18.9 Å². The molecule has 0 spiro atoms. The van der Waals surface area contributed by atoms with E-state index < -0.39 is 0 Å². The summed E-state index contributed by atoms with van der Waals surface area (Å²) in [5.41, 5.74) is 1.84. The number of carbonyl (C=O) groups excluding carboxylic acids is 2. The Morgan fingerprint density at radius 2 is 1.86 bits per heavy atom. The molecule has 2 fully saturated rings. The molecule has 4 atom stereocenters. The average Bonchev–Trinajstić information content (AvgIpc) is 3.11. The number of fused-ring (bicyclic) bond motifs is 5. The summed E-state index contributed by atoms with van der Waals surface area (Å²) in [4.78, 5) is 27.0. The number of hydrogen-bond acceptors (Lipinski definition) is 3. The van der Waals surface area contributed by atoms with E-state index in [4.69, 9.17) is 4.74 Å². The molecule has 108 valence electrons. The number of anilines is 1. The summed E-state index contributed by atoms with van der Waals surface area (Å²) in [7, 11) is 1.56. The van der Waals surface area contributed by atoms with Crippen molar-refractivity contribution >= 4 is 17.5 Å². The molecule has 2 bridgehead atoms. The van der Waals surface area contributed by atoms with Crippen molar-refractivity contribution in [1.82, 2.24) is 0 Å². The third kappa shape index (κ3) is 1.50. The van der Waals surface area contributed by atoms with Gasteiger partial charge in [0.1, 0.15) is 5.75 Å². The smallest absolute Gasteiger partial charge is 0.238 e. The first-order valence-electron chi connectivity index (χ1n) is 7.32. The number of imide groups is 1. The van der Waals surface area contributed by atoms with Gasteiger partial charge in [0.2, 0.25) is 11.8 Å². The number of nitrogens with zero attached hydrogens (tertiary/aromatic N) is 1. The maximum absolute atomic E-state index is 12.8. The minimum Gasteiger partial charge on any atom is -0.495 e. The lowest BCUT2D eigenvalue weighted by Gasteiger charge is -2.20. The molecule has 0 aromatic heterocycles. The molecule has 1 aromatic carbocycles. The number of amides is 2. The SMILES string of the molecule is COc1ccccc1N1C(=O)[C@H]2[C@H](C1=O)[C@H]1C=C(C)[C@H]2C1. The van der Waals surface area contributed by atoms with Crippen molar-refractivity contribution in [3.8, 4) is 5.75 Å². The van der Waals surface area contributed by atoms with Crippen molar-refractivity contribution in [2.75, 3.05) is 12.0 Å². The maximum Gasteiger partial charge on any atom is 0.238 e. The van der Waals surface area contributed by atoms with Crippen molar-refractivity contribution in [1.29, 1.82) is 0 Å². The van der Waals surface area contributed by atoms with Crippen molar-refractivity contribution in [2.24, 2.45) is 23.7 Å². The lowest BCUT2D eigenvalue weighted by Crippen LogP contribution is -2.33. The van der Waals surface area contributed by atoms with Crippen LogP contribution in [0, 0.1) is 23.7 Å². The van der Waals surface area contributed by atoms with Crippen LogP contribution in [0.4, 0.5) is 5.69 Å². The second kappa shape index (κ2) is 4.20. The Hall–Kier alpha value is -2.10. The van der Waals surface area contributed by atoms with Crippen LogP contribution in [0.15, 0.2) is 35.9 Å². The molecular formula is C17H17NO3. The zero-order valence-corrected chi connectivity index (χ0v) is 12.1. The summed E-state index contributed by atoms with van der Waals surface area (Å²) < 4.78 is 5.31. The first kappa shape index (κ1) is 12.6. The zero-order valence-electron chi connectivity index (χ0n) is 12.1. The average molecular weight is 283 g/mol. The van der Waals surface area contributed by atoms with Crippen molar-refractivity contribution in [3.05, 3.63) is 35.9 Å². The van der Waals surface area contributed by atoms with Gasteiger partial charge >= 0.3 is 0 Å². The van der Waals surface area contributed by atoms with Gasteiger partial charge in [-0.05, 0) is 37.3 Å². The summed E-state index contributed by atoms with van der Waals surface area (Å²) >= 11 is 0. The van der Waals surface area contributed by atoms with E-state index in [1.807, 2.05) is 12.1 Å². The third-order valence-electron chi connectivity index (χ3n) is 5.21. The predicted octanol–water partition coefficient (Wildman–Crippen LogP) is 2.40. The zero-order chi connectivity index (χ0) is 14.7. The van der Waals surface area contributed by atoms with Crippen molar-refractivity contribution < 1.29 is 14.3 Å². The van der Waals surface area contributed by atoms with E-state index in [0.717, 1.165) is 6.42 Å². The highest BCUT2D eigenvalue weighted by atomic mass is 16.5. The molecule has 4 heteroatoms. The fraction of sp³-hybridized carbons (Fsp3) is 0.412. The quantitative estimate of drug-likeness (QED) is 0.618. The van der Waals surface area contributed by atoms with Crippen molar-refractivity contribution in [3.63, 3.8) is 0 Å². The van der Waals surface area contributed by atoms with Gasteiger partial charge in [-0.1, -0.05) is 23.8 Å². The highest BCUT2D eigenvalue weighted by Crippen LogP contribution is 2.56. The van der Waals surface area contributed by atoms with Gasteiger partial charge in [0, 0.05) is 0 Å². The monoisotopic (exact) mass is 283 g/mol. The fourth-order valence-corrected chi connectivity index (χ4v) is 4.33. The number of para-hydroxylation sites is 2. The Labute approximate surface area is 123 Å². The van der Waals surface area contributed by atoms with Crippen LogP contribution in [0.5, 0.6) is 5.75 Å². The van der Waals surface area contributed by atoms with Crippen LogP contribution in [0.25, 0.3) is 0 Å². The number of carbonyl (C=O) groups is 2. The summed E-state index contributed by atoms with van der Waals surface area (Å²) in [6.45, 7) is 2.07. The largest absolute Gasteiger partial charge is 0.495 e. The standard InChI is InChI=1S/C17H17NO3/c1-9-7-10-8-11(9)15-14(10)16(19)18(17(15)20)12-5-3-4-6-13(12)21-2/h3-7,10-11,14-15H,8H2,1-2H3/t10-,11+,14+,15+/m0/s1. The van der Waals surface area contributed by atoms with Crippen LogP contribution in [-0.2, 0) is 9.59 Å². The van der Waals surface area contributed by atoms with Crippen LogP contribution in [0.1, 0.15) is 13.3 Å². The van der Waals surface area contributed by atoms with Gasteiger partial charge in [-0.2, -0.15) is 0 Å². The molecule has 0 N–H and O–H groups in total. The second-order valence-electron chi connectivity index (χ2n) is 6.15. The molecule has 1 saturated heterocycles.